The number of hydrogen-bond acceptors (Lipinski definition) is 5. The second-order valence-corrected chi connectivity index (χ2v) is 7.90. The van der Waals surface area contributed by atoms with Gasteiger partial charge in [-0.15, -0.1) is 0 Å². The van der Waals surface area contributed by atoms with Crippen LogP contribution in [0.4, 0.5) is 4.79 Å². The van der Waals surface area contributed by atoms with E-state index in [1.807, 2.05) is 24.5 Å². The fourth-order valence-corrected chi connectivity index (χ4v) is 4.04. The van der Waals surface area contributed by atoms with Gasteiger partial charge in [0.05, 0.1) is 19.1 Å². The van der Waals surface area contributed by atoms with Gasteiger partial charge in [0.2, 0.25) is 0 Å². The Hall–Kier alpha value is -2.19. The molecular weight excluding hydrogens is 400 g/mol. The zero-order valence-corrected chi connectivity index (χ0v) is 17.3. The van der Waals surface area contributed by atoms with Crippen molar-refractivity contribution in [3.8, 4) is 0 Å². The number of urea groups is 1. The third-order valence-corrected chi connectivity index (χ3v) is 5.62. The van der Waals surface area contributed by atoms with E-state index < -0.39 is 12.0 Å². The molecule has 150 valence electrons. The van der Waals surface area contributed by atoms with Gasteiger partial charge in [-0.2, -0.15) is 11.8 Å². The molecule has 1 aliphatic rings. The summed E-state index contributed by atoms with van der Waals surface area (Å²) < 4.78 is 4.85. The van der Waals surface area contributed by atoms with Crippen molar-refractivity contribution in [2.75, 3.05) is 25.7 Å². The van der Waals surface area contributed by atoms with Crippen molar-refractivity contribution < 1.29 is 14.3 Å². The maximum Gasteiger partial charge on any atom is 0.328 e. The van der Waals surface area contributed by atoms with Crippen molar-refractivity contribution in [3.63, 3.8) is 0 Å². The minimum atomic E-state index is -0.689. The molecule has 0 aliphatic carbocycles. The van der Waals surface area contributed by atoms with Crippen molar-refractivity contribution in [2.45, 2.75) is 24.9 Å². The first-order chi connectivity index (χ1) is 13.5. The van der Waals surface area contributed by atoms with E-state index in [4.69, 9.17) is 16.3 Å². The van der Waals surface area contributed by atoms with Gasteiger partial charge in [0.1, 0.15) is 12.1 Å². The lowest BCUT2D eigenvalue weighted by atomic mass is 9.96. The summed E-state index contributed by atoms with van der Waals surface area (Å²) in [4.78, 5) is 34.5. The summed E-state index contributed by atoms with van der Waals surface area (Å²) >= 11 is 7.79. The van der Waals surface area contributed by atoms with E-state index in [1.165, 1.54) is 7.11 Å². The highest BCUT2D eigenvalue weighted by atomic mass is 35.5. The van der Waals surface area contributed by atoms with Crippen LogP contribution in [0.1, 0.15) is 29.4 Å². The number of benzene rings is 1. The van der Waals surface area contributed by atoms with E-state index in [1.54, 1.807) is 29.1 Å². The predicted octanol–water partition coefficient (Wildman–Crippen LogP) is 3.01. The molecule has 0 bridgehead atoms. The molecule has 0 unspecified atom stereocenters. The third-order valence-electron chi connectivity index (χ3n) is 4.74. The first-order valence-corrected chi connectivity index (χ1v) is 10.7. The van der Waals surface area contributed by atoms with Crippen LogP contribution in [0.5, 0.6) is 0 Å². The summed E-state index contributed by atoms with van der Waals surface area (Å²) in [5, 5.41) is 3.43. The number of rotatable bonds is 6. The monoisotopic (exact) mass is 422 g/mol. The highest BCUT2D eigenvalue weighted by Gasteiger charge is 2.35. The van der Waals surface area contributed by atoms with Crippen LogP contribution in [0.15, 0.2) is 30.6 Å². The molecule has 2 N–H and O–H groups in total. The molecule has 7 nitrogen and oxygen atoms in total. The Morgan fingerprint density at radius 2 is 2.32 bits per heavy atom. The second-order valence-electron chi connectivity index (χ2n) is 6.47. The Bertz CT molecular complexity index is 844. The average molecular weight is 423 g/mol. The topological polar surface area (TPSA) is 87.3 Å². The lowest BCUT2D eigenvalue weighted by Gasteiger charge is -2.36. The van der Waals surface area contributed by atoms with E-state index >= 15 is 0 Å². The Labute approximate surface area is 173 Å². The van der Waals surface area contributed by atoms with Crippen LogP contribution < -0.4 is 5.32 Å². The highest BCUT2D eigenvalue weighted by Crippen LogP contribution is 2.34. The molecule has 0 saturated carbocycles. The molecule has 1 aromatic heterocycles. The highest BCUT2D eigenvalue weighted by molar-refractivity contribution is 7.98. The second kappa shape index (κ2) is 9.34. The largest absolute Gasteiger partial charge is 0.467 e. The number of nitrogens with zero attached hydrogens (tertiary/aromatic N) is 2. The van der Waals surface area contributed by atoms with Gasteiger partial charge < -0.3 is 19.9 Å². The molecule has 1 aromatic carbocycles. The van der Waals surface area contributed by atoms with Crippen LogP contribution in [0.2, 0.25) is 5.02 Å². The molecule has 28 heavy (non-hydrogen) atoms. The van der Waals surface area contributed by atoms with Gasteiger partial charge in [0.25, 0.3) is 0 Å². The number of esters is 1. The molecule has 0 fully saturated rings. The number of fused-ring (bicyclic) bond motifs is 1. The molecule has 0 spiro atoms. The molecule has 0 radical (unpaired) electrons. The van der Waals surface area contributed by atoms with Gasteiger partial charge in [-0.1, -0.05) is 23.7 Å². The zero-order chi connectivity index (χ0) is 20.1. The van der Waals surface area contributed by atoms with Crippen LogP contribution in [-0.2, 0) is 16.0 Å². The number of aromatic nitrogens is 2. The number of methoxy groups -OCH3 is 1. The number of carbonyl (C=O) groups excluding carboxylic acids is 2. The van der Waals surface area contributed by atoms with Crippen LogP contribution in [0, 0.1) is 0 Å². The van der Waals surface area contributed by atoms with Crippen LogP contribution in [0.3, 0.4) is 0 Å². The lowest BCUT2D eigenvalue weighted by Crippen LogP contribution is -2.51. The van der Waals surface area contributed by atoms with Crippen molar-refractivity contribution in [2.24, 2.45) is 0 Å². The Morgan fingerprint density at radius 1 is 1.50 bits per heavy atom. The number of thioether (sulfide) groups is 1. The quantitative estimate of drug-likeness (QED) is 0.699. The molecule has 9 heteroatoms. The summed E-state index contributed by atoms with van der Waals surface area (Å²) in [6.45, 7) is 0.495. The van der Waals surface area contributed by atoms with Gasteiger partial charge in [0.15, 0.2) is 0 Å². The summed E-state index contributed by atoms with van der Waals surface area (Å²) in [5.74, 6) is 0.292. The van der Waals surface area contributed by atoms with E-state index in [-0.39, 0.29) is 12.1 Å². The zero-order valence-electron chi connectivity index (χ0n) is 15.8. The number of halogens is 1. The fraction of sp³-hybridized carbons (Fsp3) is 0.421. The third kappa shape index (κ3) is 4.44. The van der Waals surface area contributed by atoms with Crippen molar-refractivity contribution in [3.05, 3.63) is 52.6 Å². The average Bonchev–Trinajstić information content (AvgIpc) is 3.18. The van der Waals surface area contributed by atoms with Gasteiger partial charge in [0, 0.05) is 23.7 Å². The van der Waals surface area contributed by atoms with Crippen molar-refractivity contribution in [1.29, 1.82) is 0 Å². The summed E-state index contributed by atoms with van der Waals surface area (Å²) in [6.07, 6.45) is 4.75. The van der Waals surface area contributed by atoms with Crippen LogP contribution in [-0.4, -0.2) is 58.6 Å². The van der Waals surface area contributed by atoms with E-state index in [2.05, 4.69) is 15.3 Å². The molecule has 3 rings (SSSR count). The number of carbonyl (C=O) groups is 2. The summed E-state index contributed by atoms with van der Waals surface area (Å²) in [7, 11) is 1.33. The van der Waals surface area contributed by atoms with Gasteiger partial charge in [-0.05, 0) is 36.1 Å². The fourth-order valence-electron chi connectivity index (χ4n) is 3.37. The molecule has 2 heterocycles. The summed E-state index contributed by atoms with van der Waals surface area (Å²) in [5.41, 5.74) is 2.66. The van der Waals surface area contributed by atoms with E-state index in [9.17, 15) is 9.59 Å². The molecule has 2 atom stereocenters. The number of amides is 2. The maximum absolute atomic E-state index is 13.1. The lowest BCUT2D eigenvalue weighted by molar-refractivity contribution is -0.142. The molecular formula is C19H23ClN4O3S. The van der Waals surface area contributed by atoms with Crippen molar-refractivity contribution >= 4 is 35.4 Å². The van der Waals surface area contributed by atoms with Gasteiger partial charge in [-0.3, -0.25) is 0 Å². The number of hydrogen-bond donors (Lipinski definition) is 2. The predicted molar refractivity (Wildman–Crippen MR) is 110 cm³/mol. The minimum Gasteiger partial charge on any atom is -0.467 e. The maximum atomic E-state index is 13.1. The van der Waals surface area contributed by atoms with Crippen molar-refractivity contribution in [1.82, 2.24) is 20.2 Å². The number of H-pyrrole nitrogens is 1. The number of aromatic amines is 1. The normalized spacial score (nSPS) is 17.0. The van der Waals surface area contributed by atoms with Gasteiger partial charge in [-0.25, -0.2) is 14.6 Å². The smallest absolute Gasteiger partial charge is 0.328 e. The Kier molecular flexibility index (Phi) is 6.85. The molecule has 1 aliphatic heterocycles. The number of imidazole rings is 1. The van der Waals surface area contributed by atoms with Gasteiger partial charge >= 0.3 is 12.0 Å². The van der Waals surface area contributed by atoms with E-state index in [0.717, 1.165) is 22.7 Å². The SMILES string of the molecule is COC(=O)[C@H](CCSC)NC(=O)N1CCc2[nH]cnc2[C@H]1c1cccc(Cl)c1. The first-order valence-electron chi connectivity index (χ1n) is 8.96. The summed E-state index contributed by atoms with van der Waals surface area (Å²) in [6, 6.07) is 6.01. The standard InChI is InChI=1S/C19H23ClN4O3S/c1-27-18(25)15(7-9-28-2)23-19(26)24-8-6-14-16(22-11-21-14)17(24)12-4-3-5-13(20)10-12/h3-5,10-11,15,17H,6-9H2,1-2H3,(H,21,22)(H,23,26)/t15-,17+/m0/s1. The molecule has 0 saturated heterocycles. The number of nitrogens with one attached hydrogen (secondary N) is 2. The van der Waals surface area contributed by atoms with E-state index in [0.29, 0.717) is 24.4 Å². The minimum absolute atomic E-state index is 0.324. The first kappa shape index (κ1) is 20.5. The number of ether oxygens (including phenoxy) is 1. The van der Waals surface area contributed by atoms with Crippen LogP contribution >= 0.6 is 23.4 Å². The Balaban J connectivity index is 1.88. The molecule has 2 aromatic rings. The molecule has 2 amide bonds. The van der Waals surface area contributed by atoms with Crippen LogP contribution in [0.25, 0.3) is 0 Å². The Morgan fingerprint density at radius 3 is 3.04 bits per heavy atom.